The van der Waals surface area contributed by atoms with E-state index in [1.165, 1.54) is 50.7 Å². The van der Waals surface area contributed by atoms with Crippen molar-refractivity contribution < 1.29 is 13.9 Å². The van der Waals surface area contributed by atoms with Gasteiger partial charge in [0.2, 0.25) is 0 Å². The zero-order chi connectivity index (χ0) is 19.2. The third kappa shape index (κ3) is 5.09. The number of ether oxygens (including phenoxy) is 1. The first-order chi connectivity index (χ1) is 13.1. The van der Waals surface area contributed by atoms with E-state index in [0.717, 1.165) is 49.5 Å². The number of halogens is 1. The normalized spacial score (nSPS) is 28.3. The minimum Gasteiger partial charge on any atom is -0.426 e. The number of esters is 1. The Labute approximate surface area is 161 Å². The van der Waals surface area contributed by atoms with Crippen LogP contribution in [0.1, 0.15) is 76.7 Å². The minimum atomic E-state index is -0.648. The van der Waals surface area contributed by atoms with E-state index in [9.17, 15) is 9.18 Å². The van der Waals surface area contributed by atoms with Gasteiger partial charge in [-0.1, -0.05) is 32.6 Å². The number of carbonyl (C=O) groups excluding carboxylic acids is 1. The SMILES string of the molecule is CCC[C@H]1CC[C@H](C2CCC(C(=O)Oc3ccc(C#N)c(F)c3)CC2)CC1. The molecule has 27 heavy (non-hydrogen) atoms. The Morgan fingerprint density at radius 3 is 2.30 bits per heavy atom. The van der Waals surface area contributed by atoms with Crippen LogP contribution in [-0.2, 0) is 4.79 Å². The maximum atomic E-state index is 13.7. The summed E-state index contributed by atoms with van der Waals surface area (Å²) in [4.78, 5) is 12.4. The molecule has 4 heteroatoms. The summed E-state index contributed by atoms with van der Waals surface area (Å²) < 4.78 is 19.0. The first kappa shape index (κ1) is 19.9. The Balaban J connectivity index is 1.46. The highest BCUT2D eigenvalue weighted by molar-refractivity contribution is 5.75. The van der Waals surface area contributed by atoms with Gasteiger partial charge in [-0.3, -0.25) is 4.79 Å². The molecule has 0 atom stereocenters. The van der Waals surface area contributed by atoms with Gasteiger partial charge in [0, 0.05) is 6.07 Å². The summed E-state index contributed by atoms with van der Waals surface area (Å²) in [5.41, 5.74) is -0.0380. The van der Waals surface area contributed by atoms with Gasteiger partial charge in [-0.05, 0) is 68.4 Å². The molecule has 3 nitrogen and oxygen atoms in total. The average Bonchev–Trinajstić information content (AvgIpc) is 2.69. The zero-order valence-electron chi connectivity index (χ0n) is 16.3. The molecule has 0 N–H and O–H groups in total. The van der Waals surface area contributed by atoms with Gasteiger partial charge in [0.1, 0.15) is 17.6 Å². The lowest BCUT2D eigenvalue weighted by atomic mass is 9.69. The van der Waals surface area contributed by atoms with Crippen molar-refractivity contribution in [2.45, 2.75) is 71.1 Å². The molecule has 0 heterocycles. The minimum absolute atomic E-state index is 0.0380. The fourth-order valence-corrected chi connectivity index (χ4v) is 5.03. The van der Waals surface area contributed by atoms with Gasteiger partial charge in [0.15, 0.2) is 0 Å². The number of nitriles is 1. The molecule has 2 aliphatic rings. The van der Waals surface area contributed by atoms with E-state index in [1.54, 1.807) is 6.07 Å². The molecule has 1 aromatic carbocycles. The summed E-state index contributed by atoms with van der Waals surface area (Å²) in [6.07, 6.45) is 12.1. The summed E-state index contributed by atoms with van der Waals surface area (Å²) in [6.45, 7) is 2.28. The van der Waals surface area contributed by atoms with Crippen molar-refractivity contribution in [1.82, 2.24) is 0 Å². The lowest BCUT2D eigenvalue weighted by Crippen LogP contribution is -2.30. The highest BCUT2D eigenvalue weighted by Gasteiger charge is 2.33. The standard InChI is InChI=1S/C23H30FNO2/c1-2-3-16-4-6-17(7-5-16)18-8-10-19(11-9-18)23(26)27-21-13-12-20(15-25)22(24)14-21/h12-14,16-19H,2-11H2,1H3/t16-,17-,18?,19?. The van der Waals surface area contributed by atoms with E-state index in [-0.39, 0.29) is 23.2 Å². The molecule has 1 aromatic rings. The monoisotopic (exact) mass is 371 g/mol. The summed E-state index contributed by atoms with van der Waals surface area (Å²) in [5.74, 6) is 1.72. The van der Waals surface area contributed by atoms with Crippen LogP contribution in [-0.4, -0.2) is 5.97 Å². The molecule has 0 amide bonds. The van der Waals surface area contributed by atoms with Crippen molar-refractivity contribution in [1.29, 1.82) is 5.26 Å². The second kappa shape index (κ2) is 9.35. The largest absolute Gasteiger partial charge is 0.426 e. The summed E-state index contributed by atoms with van der Waals surface area (Å²) in [7, 11) is 0. The number of hydrogen-bond donors (Lipinski definition) is 0. The smallest absolute Gasteiger partial charge is 0.314 e. The predicted molar refractivity (Wildman–Crippen MR) is 103 cm³/mol. The van der Waals surface area contributed by atoms with Crippen molar-refractivity contribution in [3.8, 4) is 11.8 Å². The fraction of sp³-hybridized carbons (Fsp3) is 0.652. The molecular weight excluding hydrogens is 341 g/mol. The molecule has 0 bridgehead atoms. The third-order valence-electron chi connectivity index (χ3n) is 6.64. The van der Waals surface area contributed by atoms with E-state index in [1.807, 2.05) is 0 Å². The number of nitrogens with zero attached hydrogens (tertiary/aromatic N) is 1. The van der Waals surface area contributed by atoms with Gasteiger partial charge in [0.05, 0.1) is 11.5 Å². The van der Waals surface area contributed by atoms with Crippen molar-refractivity contribution in [2.24, 2.45) is 23.7 Å². The molecule has 0 aromatic heterocycles. The van der Waals surface area contributed by atoms with Crippen LogP contribution in [0.4, 0.5) is 4.39 Å². The van der Waals surface area contributed by atoms with Crippen LogP contribution in [0, 0.1) is 40.8 Å². The molecule has 0 spiro atoms. The molecule has 0 saturated heterocycles. The number of rotatable bonds is 5. The molecule has 0 unspecified atom stereocenters. The van der Waals surface area contributed by atoms with Gasteiger partial charge in [0.25, 0.3) is 0 Å². The fourth-order valence-electron chi connectivity index (χ4n) is 5.03. The first-order valence-corrected chi connectivity index (χ1v) is 10.5. The van der Waals surface area contributed by atoms with E-state index >= 15 is 0 Å². The average molecular weight is 371 g/mol. The van der Waals surface area contributed by atoms with E-state index in [4.69, 9.17) is 10.00 Å². The maximum absolute atomic E-state index is 13.7. The molecule has 3 rings (SSSR count). The van der Waals surface area contributed by atoms with Crippen LogP contribution in [0.15, 0.2) is 18.2 Å². The highest BCUT2D eigenvalue weighted by atomic mass is 19.1. The van der Waals surface area contributed by atoms with Gasteiger partial charge >= 0.3 is 5.97 Å². The third-order valence-corrected chi connectivity index (χ3v) is 6.64. The lowest BCUT2D eigenvalue weighted by Gasteiger charge is -2.37. The zero-order valence-corrected chi connectivity index (χ0v) is 16.3. The molecule has 0 aliphatic heterocycles. The second-order valence-corrected chi connectivity index (χ2v) is 8.36. The van der Waals surface area contributed by atoms with Crippen LogP contribution in [0.5, 0.6) is 5.75 Å². The van der Waals surface area contributed by atoms with E-state index < -0.39 is 5.82 Å². The summed E-state index contributed by atoms with van der Waals surface area (Å²) in [5, 5.41) is 8.77. The van der Waals surface area contributed by atoms with Crippen molar-refractivity contribution in [3.63, 3.8) is 0 Å². The van der Waals surface area contributed by atoms with Gasteiger partial charge < -0.3 is 4.74 Å². The van der Waals surface area contributed by atoms with E-state index in [0.29, 0.717) is 0 Å². The topological polar surface area (TPSA) is 50.1 Å². The summed E-state index contributed by atoms with van der Waals surface area (Å²) in [6, 6.07) is 5.73. The summed E-state index contributed by atoms with van der Waals surface area (Å²) >= 11 is 0. The number of benzene rings is 1. The maximum Gasteiger partial charge on any atom is 0.314 e. The second-order valence-electron chi connectivity index (χ2n) is 8.36. The van der Waals surface area contributed by atoms with E-state index in [2.05, 4.69) is 6.92 Å². The molecule has 146 valence electrons. The van der Waals surface area contributed by atoms with Crippen LogP contribution in [0.2, 0.25) is 0 Å². The molecule has 2 aliphatic carbocycles. The van der Waals surface area contributed by atoms with Crippen molar-refractivity contribution in [2.75, 3.05) is 0 Å². The highest BCUT2D eigenvalue weighted by Crippen LogP contribution is 2.42. The van der Waals surface area contributed by atoms with Crippen LogP contribution >= 0.6 is 0 Å². The van der Waals surface area contributed by atoms with Gasteiger partial charge in [-0.25, -0.2) is 4.39 Å². The quantitative estimate of drug-likeness (QED) is 0.470. The number of hydrogen-bond acceptors (Lipinski definition) is 3. The van der Waals surface area contributed by atoms with Gasteiger partial charge in [-0.2, -0.15) is 5.26 Å². The lowest BCUT2D eigenvalue weighted by molar-refractivity contribution is -0.140. The Morgan fingerprint density at radius 1 is 1.11 bits per heavy atom. The first-order valence-electron chi connectivity index (χ1n) is 10.5. The number of carbonyl (C=O) groups is 1. The Morgan fingerprint density at radius 2 is 1.74 bits per heavy atom. The molecule has 0 radical (unpaired) electrons. The van der Waals surface area contributed by atoms with Crippen molar-refractivity contribution in [3.05, 3.63) is 29.6 Å². The van der Waals surface area contributed by atoms with Crippen LogP contribution < -0.4 is 4.74 Å². The van der Waals surface area contributed by atoms with Gasteiger partial charge in [-0.15, -0.1) is 0 Å². The van der Waals surface area contributed by atoms with Crippen LogP contribution in [0.25, 0.3) is 0 Å². The molecule has 2 saturated carbocycles. The molecule has 2 fully saturated rings. The van der Waals surface area contributed by atoms with Crippen LogP contribution in [0.3, 0.4) is 0 Å². The Bertz CT molecular complexity index is 680. The Kier molecular flexibility index (Phi) is 6.88. The Hall–Kier alpha value is -1.89. The predicted octanol–water partition coefficient (Wildman–Crippen LogP) is 6.02. The molecular formula is C23H30FNO2. The van der Waals surface area contributed by atoms with Crippen molar-refractivity contribution >= 4 is 5.97 Å².